The van der Waals surface area contributed by atoms with Gasteiger partial charge in [0, 0.05) is 0 Å². The van der Waals surface area contributed by atoms with Crippen molar-refractivity contribution in [2.24, 2.45) is 5.73 Å². The monoisotopic (exact) mass is 369 g/mol. The van der Waals surface area contributed by atoms with E-state index in [4.69, 9.17) is 10.5 Å². The number of benzene rings is 2. The molecule has 0 fully saturated rings. The Kier molecular flexibility index (Phi) is 7.08. The predicted molar refractivity (Wildman–Crippen MR) is 101 cm³/mol. The molecular weight excluding hydrogens is 346 g/mol. The van der Waals surface area contributed by atoms with Crippen molar-refractivity contribution in [2.75, 3.05) is 7.11 Å². The lowest BCUT2D eigenvalue weighted by molar-refractivity contribution is -0.134. The highest BCUT2D eigenvalue weighted by molar-refractivity contribution is 6.01. The smallest absolute Gasteiger partial charge is 0.248 e. The van der Waals surface area contributed by atoms with Crippen molar-refractivity contribution in [3.05, 3.63) is 65.7 Å². The van der Waals surface area contributed by atoms with Crippen LogP contribution in [-0.2, 0) is 20.8 Å². The Labute approximate surface area is 157 Å². The molecule has 4 N–H and O–H groups in total. The maximum Gasteiger partial charge on any atom is 0.248 e. The number of methoxy groups -OCH3 is 1. The van der Waals surface area contributed by atoms with E-state index in [1.807, 2.05) is 0 Å². The third-order valence-corrected chi connectivity index (χ3v) is 3.96. The van der Waals surface area contributed by atoms with Crippen molar-refractivity contribution in [2.45, 2.75) is 25.4 Å². The second-order valence-corrected chi connectivity index (χ2v) is 6.06. The van der Waals surface area contributed by atoms with Crippen molar-refractivity contribution in [1.82, 2.24) is 10.6 Å². The van der Waals surface area contributed by atoms with Gasteiger partial charge in [0.05, 0.1) is 13.5 Å². The van der Waals surface area contributed by atoms with Gasteiger partial charge in [0.25, 0.3) is 0 Å². The molecule has 0 aromatic heterocycles. The zero-order valence-electron chi connectivity index (χ0n) is 15.3. The molecule has 0 aliphatic carbocycles. The molecule has 142 valence electrons. The van der Waals surface area contributed by atoms with Gasteiger partial charge in [0.1, 0.15) is 17.8 Å². The van der Waals surface area contributed by atoms with Gasteiger partial charge in [-0.25, -0.2) is 0 Å². The van der Waals surface area contributed by atoms with Gasteiger partial charge in [-0.3, -0.25) is 19.7 Å². The maximum atomic E-state index is 12.2. The van der Waals surface area contributed by atoms with Crippen LogP contribution in [0.3, 0.4) is 0 Å². The van der Waals surface area contributed by atoms with E-state index in [1.54, 1.807) is 61.7 Å². The quantitative estimate of drug-likeness (QED) is 0.676. The Morgan fingerprint density at radius 1 is 1.04 bits per heavy atom. The van der Waals surface area contributed by atoms with E-state index < -0.39 is 23.9 Å². The van der Waals surface area contributed by atoms with Crippen LogP contribution in [0.15, 0.2) is 54.6 Å². The lowest BCUT2D eigenvalue weighted by atomic mass is 10.1. The summed E-state index contributed by atoms with van der Waals surface area (Å²) in [7, 11) is 1.54. The number of nitrogens with one attached hydrogen (secondary N) is 2. The fourth-order valence-electron chi connectivity index (χ4n) is 2.45. The van der Waals surface area contributed by atoms with Gasteiger partial charge < -0.3 is 15.8 Å². The van der Waals surface area contributed by atoms with Gasteiger partial charge >= 0.3 is 0 Å². The second-order valence-electron chi connectivity index (χ2n) is 6.06. The van der Waals surface area contributed by atoms with Crippen LogP contribution in [0, 0.1) is 0 Å². The van der Waals surface area contributed by atoms with Crippen molar-refractivity contribution in [3.63, 3.8) is 0 Å². The Balaban J connectivity index is 1.87. The maximum absolute atomic E-state index is 12.2. The number of hydrogen-bond acceptors (Lipinski definition) is 5. The number of carbonyl (C=O) groups is 3. The highest BCUT2D eigenvalue weighted by atomic mass is 16.5. The third kappa shape index (κ3) is 5.93. The molecule has 2 rings (SSSR count). The van der Waals surface area contributed by atoms with Crippen LogP contribution in [0.25, 0.3) is 0 Å². The Morgan fingerprint density at radius 3 is 2.41 bits per heavy atom. The van der Waals surface area contributed by atoms with E-state index in [2.05, 4.69) is 10.6 Å². The number of amides is 3. The first-order chi connectivity index (χ1) is 12.9. The molecule has 7 nitrogen and oxygen atoms in total. The Hall–Kier alpha value is -3.19. The zero-order chi connectivity index (χ0) is 19.8. The summed E-state index contributed by atoms with van der Waals surface area (Å²) in [4.78, 5) is 36.4. The average molecular weight is 369 g/mol. The number of nitrogens with two attached hydrogens (primary N) is 1. The average Bonchev–Trinajstić information content (AvgIpc) is 2.67. The number of imide groups is 1. The van der Waals surface area contributed by atoms with Crippen LogP contribution < -0.4 is 21.1 Å². The first-order valence-electron chi connectivity index (χ1n) is 8.48. The van der Waals surface area contributed by atoms with E-state index in [1.165, 1.54) is 6.92 Å². The largest absolute Gasteiger partial charge is 0.497 e. The molecule has 0 unspecified atom stereocenters. The van der Waals surface area contributed by atoms with Gasteiger partial charge in [0.2, 0.25) is 17.7 Å². The van der Waals surface area contributed by atoms with Crippen molar-refractivity contribution >= 4 is 17.7 Å². The zero-order valence-corrected chi connectivity index (χ0v) is 15.3. The molecule has 0 heterocycles. The van der Waals surface area contributed by atoms with Crippen molar-refractivity contribution in [3.8, 4) is 5.75 Å². The lowest BCUT2D eigenvalue weighted by Crippen LogP contribution is -2.49. The predicted octanol–water partition coefficient (Wildman–Crippen LogP) is 1.09. The van der Waals surface area contributed by atoms with E-state index in [9.17, 15) is 14.4 Å². The number of rotatable bonds is 7. The SMILES string of the molecule is COc1cccc(CC(=O)N[C@@H](C)C(=O)NC(=O)[C@H](N)c2ccccc2)c1. The molecule has 0 aliphatic heterocycles. The van der Waals surface area contributed by atoms with Crippen LogP contribution >= 0.6 is 0 Å². The van der Waals surface area contributed by atoms with Crippen molar-refractivity contribution in [1.29, 1.82) is 0 Å². The molecule has 2 atom stereocenters. The summed E-state index contributed by atoms with van der Waals surface area (Å²) >= 11 is 0. The summed E-state index contributed by atoms with van der Waals surface area (Å²) in [6.45, 7) is 1.50. The Bertz CT molecular complexity index is 808. The molecule has 0 bridgehead atoms. The van der Waals surface area contributed by atoms with E-state index >= 15 is 0 Å². The van der Waals surface area contributed by atoms with Gasteiger partial charge in [-0.1, -0.05) is 42.5 Å². The summed E-state index contributed by atoms with van der Waals surface area (Å²) < 4.78 is 5.11. The summed E-state index contributed by atoms with van der Waals surface area (Å²) in [6, 6.07) is 14.0. The molecule has 2 aromatic carbocycles. The molecule has 0 saturated heterocycles. The molecule has 0 saturated carbocycles. The summed E-state index contributed by atoms with van der Waals surface area (Å²) in [5, 5.41) is 4.79. The molecule has 7 heteroatoms. The Morgan fingerprint density at radius 2 is 1.74 bits per heavy atom. The van der Waals surface area contributed by atoms with E-state index in [0.29, 0.717) is 11.3 Å². The topological polar surface area (TPSA) is 111 Å². The molecule has 0 radical (unpaired) electrons. The molecule has 2 aromatic rings. The summed E-state index contributed by atoms with van der Waals surface area (Å²) in [5.41, 5.74) is 7.20. The first-order valence-corrected chi connectivity index (χ1v) is 8.48. The van der Waals surface area contributed by atoms with Crippen LogP contribution in [-0.4, -0.2) is 30.9 Å². The van der Waals surface area contributed by atoms with E-state index in [-0.39, 0.29) is 12.3 Å². The molecule has 0 aliphatic rings. The van der Waals surface area contributed by atoms with Crippen LogP contribution in [0.2, 0.25) is 0 Å². The highest BCUT2D eigenvalue weighted by Gasteiger charge is 2.22. The van der Waals surface area contributed by atoms with Crippen LogP contribution in [0.1, 0.15) is 24.1 Å². The molecule has 0 spiro atoms. The standard InChI is InChI=1S/C20H23N3O4/c1-13(22-17(24)12-14-7-6-10-16(11-14)27-2)19(25)23-20(26)18(21)15-8-4-3-5-9-15/h3-11,13,18H,12,21H2,1-2H3,(H,22,24)(H,23,25,26)/t13-,18+/m0/s1. The van der Waals surface area contributed by atoms with Crippen LogP contribution in [0.4, 0.5) is 0 Å². The van der Waals surface area contributed by atoms with Gasteiger partial charge in [-0.05, 0) is 30.2 Å². The minimum Gasteiger partial charge on any atom is -0.497 e. The van der Waals surface area contributed by atoms with Gasteiger partial charge in [-0.15, -0.1) is 0 Å². The molecule has 3 amide bonds. The summed E-state index contributed by atoms with van der Waals surface area (Å²) in [5.74, 6) is -0.942. The van der Waals surface area contributed by atoms with Gasteiger partial charge in [0.15, 0.2) is 0 Å². The van der Waals surface area contributed by atoms with E-state index in [0.717, 1.165) is 5.56 Å². The molecular formula is C20H23N3O4. The summed E-state index contributed by atoms with van der Waals surface area (Å²) in [6.07, 6.45) is 0.0896. The van der Waals surface area contributed by atoms with Gasteiger partial charge in [-0.2, -0.15) is 0 Å². The lowest BCUT2D eigenvalue weighted by Gasteiger charge is -2.16. The third-order valence-electron chi connectivity index (χ3n) is 3.96. The fourth-order valence-corrected chi connectivity index (χ4v) is 2.45. The van der Waals surface area contributed by atoms with Crippen LogP contribution in [0.5, 0.6) is 5.75 Å². The number of carbonyl (C=O) groups excluding carboxylic acids is 3. The second kappa shape index (κ2) is 9.49. The highest BCUT2D eigenvalue weighted by Crippen LogP contribution is 2.13. The first kappa shape index (κ1) is 20.1. The number of hydrogen-bond donors (Lipinski definition) is 3. The number of ether oxygens (including phenoxy) is 1. The normalized spacial score (nSPS) is 12.6. The molecule has 27 heavy (non-hydrogen) atoms. The minimum absolute atomic E-state index is 0.0896. The fraction of sp³-hybridized carbons (Fsp3) is 0.250. The minimum atomic E-state index is -0.963. The van der Waals surface area contributed by atoms with Crippen molar-refractivity contribution < 1.29 is 19.1 Å².